The maximum absolute atomic E-state index is 12.4. The lowest BCUT2D eigenvalue weighted by atomic mass is 10.0. The third kappa shape index (κ3) is 3.61. The number of hydrogen-bond donors (Lipinski definition) is 1. The van der Waals surface area contributed by atoms with Gasteiger partial charge in [0.2, 0.25) is 0 Å². The highest BCUT2D eigenvalue weighted by atomic mass is 16.6. The van der Waals surface area contributed by atoms with Gasteiger partial charge in [-0.1, -0.05) is 41.6 Å². The second-order valence-electron chi connectivity index (χ2n) is 5.92. The minimum absolute atomic E-state index is 0.223. The van der Waals surface area contributed by atoms with Gasteiger partial charge in [0.1, 0.15) is 5.71 Å². The van der Waals surface area contributed by atoms with Crippen molar-refractivity contribution < 1.29 is 9.63 Å². The number of benzene rings is 1. The Kier molecular flexibility index (Phi) is 4.42. The van der Waals surface area contributed by atoms with Crippen molar-refractivity contribution >= 4 is 17.4 Å². The van der Waals surface area contributed by atoms with Crippen molar-refractivity contribution in [1.82, 2.24) is 14.8 Å². The Labute approximate surface area is 150 Å². The molecule has 0 aliphatic carbocycles. The van der Waals surface area contributed by atoms with Gasteiger partial charge in [-0.05, 0) is 17.7 Å². The summed E-state index contributed by atoms with van der Waals surface area (Å²) in [5, 5.41) is 11.0. The van der Waals surface area contributed by atoms with Crippen LogP contribution in [0.2, 0.25) is 0 Å². The molecule has 1 atom stereocenters. The SMILES string of the molecule is O=C(Nc1ccn(Cc2ccccn2)n1)C1=NO[C@@H](c2ccccc2)C1. The molecule has 0 saturated heterocycles. The van der Waals surface area contributed by atoms with E-state index in [2.05, 4.69) is 20.6 Å². The number of nitrogens with zero attached hydrogens (tertiary/aromatic N) is 4. The lowest BCUT2D eigenvalue weighted by molar-refractivity contribution is -0.110. The van der Waals surface area contributed by atoms with Crippen LogP contribution in [0, 0.1) is 0 Å². The number of carbonyl (C=O) groups is 1. The minimum atomic E-state index is -0.300. The highest BCUT2D eigenvalue weighted by Gasteiger charge is 2.27. The fourth-order valence-electron chi connectivity index (χ4n) is 2.72. The molecule has 0 fully saturated rings. The standard InChI is InChI=1S/C19H17N5O2/c25-19(16-12-17(26-23-16)14-6-2-1-3-7-14)21-18-9-11-24(22-18)13-15-8-4-5-10-20-15/h1-11,17H,12-13H2,(H,21,22,25)/t17-/m1/s1. The molecular weight excluding hydrogens is 330 g/mol. The van der Waals surface area contributed by atoms with Gasteiger partial charge in [0.15, 0.2) is 11.9 Å². The highest BCUT2D eigenvalue weighted by Crippen LogP contribution is 2.27. The van der Waals surface area contributed by atoms with Crippen LogP contribution in [0.25, 0.3) is 0 Å². The van der Waals surface area contributed by atoms with E-state index in [1.165, 1.54) is 0 Å². The fraction of sp³-hybridized carbons (Fsp3) is 0.158. The van der Waals surface area contributed by atoms with Crippen LogP contribution in [0.1, 0.15) is 23.8 Å². The number of anilines is 1. The van der Waals surface area contributed by atoms with Crippen LogP contribution in [-0.2, 0) is 16.2 Å². The first-order valence-corrected chi connectivity index (χ1v) is 8.30. The quantitative estimate of drug-likeness (QED) is 0.769. The number of nitrogens with one attached hydrogen (secondary N) is 1. The van der Waals surface area contributed by atoms with Gasteiger partial charge in [0.25, 0.3) is 5.91 Å². The molecular formula is C19H17N5O2. The third-order valence-corrected chi connectivity index (χ3v) is 4.03. The third-order valence-electron chi connectivity index (χ3n) is 4.03. The number of amides is 1. The number of hydrogen-bond acceptors (Lipinski definition) is 5. The van der Waals surface area contributed by atoms with E-state index < -0.39 is 0 Å². The van der Waals surface area contributed by atoms with Gasteiger partial charge in [-0.2, -0.15) is 5.10 Å². The van der Waals surface area contributed by atoms with Crippen LogP contribution in [0.15, 0.2) is 72.1 Å². The first-order valence-electron chi connectivity index (χ1n) is 8.30. The van der Waals surface area contributed by atoms with Crippen molar-refractivity contribution in [2.45, 2.75) is 19.1 Å². The van der Waals surface area contributed by atoms with Crippen molar-refractivity contribution in [1.29, 1.82) is 0 Å². The van der Waals surface area contributed by atoms with Crippen molar-refractivity contribution in [2.24, 2.45) is 5.16 Å². The van der Waals surface area contributed by atoms with Gasteiger partial charge in [-0.25, -0.2) is 0 Å². The molecule has 7 heteroatoms. The number of pyridine rings is 1. The summed E-state index contributed by atoms with van der Waals surface area (Å²) in [5.41, 5.74) is 2.25. The summed E-state index contributed by atoms with van der Waals surface area (Å²) in [5.74, 6) is 0.170. The molecule has 7 nitrogen and oxygen atoms in total. The van der Waals surface area contributed by atoms with Crippen LogP contribution in [0.3, 0.4) is 0 Å². The summed E-state index contributed by atoms with van der Waals surface area (Å²) >= 11 is 0. The summed E-state index contributed by atoms with van der Waals surface area (Å²) in [6.07, 6.45) is 3.75. The Morgan fingerprint density at radius 3 is 2.81 bits per heavy atom. The Balaban J connectivity index is 1.35. The van der Waals surface area contributed by atoms with Crippen molar-refractivity contribution in [2.75, 3.05) is 5.32 Å². The molecule has 4 rings (SSSR count). The molecule has 1 aliphatic heterocycles. The second kappa shape index (κ2) is 7.18. The zero-order valence-electron chi connectivity index (χ0n) is 13.9. The largest absolute Gasteiger partial charge is 0.387 e. The van der Waals surface area contributed by atoms with Crippen LogP contribution in [0.5, 0.6) is 0 Å². The molecule has 0 unspecified atom stereocenters. The molecule has 1 aliphatic rings. The molecule has 1 aromatic carbocycles. The molecule has 3 aromatic rings. The first-order chi connectivity index (χ1) is 12.8. The molecule has 0 bridgehead atoms. The van der Waals surface area contributed by atoms with E-state index in [1.54, 1.807) is 23.1 Å². The van der Waals surface area contributed by atoms with E-state index in [-0.39, 0.29) is 12.0 Å². The van der Waals surface area contributed by atoms with Crippen molar-refractivity contribution in [3.63, 3.8) is 0 Å². The summed E-state index contributed by atoms with van der Waals surface area (Å²) in [7, 11) is 0. The zero-order valence-corrected chi connectivity index (χ0v) is 13.9. The number of rotatable bonds is 5. The van der Waals surface area contributed by atoms with Gasteiger partial charge < -0.3 is 10.2 Å². The molecule has 2 aromatic heterocycles. The average molecular weight is 347 g/mol. The van der Waals surface area contributed by atoms with E-state index in [1.807, 2.05) is 48.5 Å². The van der Waals surface area contributed by atoms with E-state index >= 15 is 0 Å². The predicted octanol–water partition coefficient (Wildman–Crippen LogP) is 2.78. The smallest absolute Gasteiger partial charge is 0.274 e. The maximum atomic E-state index is 12.4. The molecule has 26 heavy (non-hydrogen) atoms. The molecule has 3 heterocycles. The van der Waals surface area contributed by atoms with Crippen molar-refractivity contribution in [3.05, 3.63) is 78.2 Å². The molecule has 0 saturated carbocycles. The summed E-state index contributed by atoms with van der Waals surface area (Å²) in [6, 6.07) is 17.2. The summed E-state index contributed by atoms with van der Waals surface area (Å²) < 4.78 is 1.72. The Bertz CT molecular complexity index is 921. The van der Waals surface area contributed by atoms with Gasteiger partial charge in [-0.15, -0.1) is 0 Å². The highest BCUT2D eigenvalue weighted by molar-refractivity contribution is 6.43. The van der Waals surface area contributed by atoms with E-state index in [0.29, 0.717) is 24.5 Å². The molecule has 1 amide bonds. The summed E-state index contributed by atoms with van der Waals surface area (Å²) in [6.45, 7) is 0.539. The van der Waals surface area contributed by atoms with Gasteiger partial charge in [-0.3, -0.25) is 14.5 Å². The Morgan fingerprint density at radius 2 is 2.00 bits per heavy atom. The van der Waals surface area contributed by atoms with Crippen molar-refractivity contribution in [3.8, 4) is 0 Å². The monoisotopic (exact) mass is 347 g/mol. The second-order valence-corrected chi connectivity index (χ2v) is 5.92. The molecule has 130 valence electrons. The first kappa shape index (κ1) is 16.0. The Morgan fingerprint density at radius 1 is 1.15 bits per heavy atom. The van der Waals surface area contributed by atoms with Gasteiger partial charge >= 0.3 is 0 Å². The summed E-state index contributed by atoms with van der Waals surface area (Å²) in [4.78, 5) is 22.0. The van der Waals surface area contributed by atoms with E-state index in [9.17, 15) is 4.79 Å². The lowest BCUT2D eigenvalue weighted by Crippen LogP contribution is -2.22. The number of oxime groups is 1. The van der Waals surface area contributed by atoms with Gasteiger partial charge in [0, 0.05) is 24.9 Å². The van der Waals surface area contributed by atoms with Crippen LogP contribution in [-0.4, -0.2) is 26.4 Å². The Hall–Kier alpha value is -3.48. The zero-order chi connectivity index (χ0) is 17.8. The number of carbonyl (C=O) groups excluding carboxylic acids is 1. The average Bonchev–Trinajstić information content (AvgIpc) is 3.33. The van der Waals surface area contributed by atoms with E-state index in [0.717, 1.165) is 11.3 Å². The molecule has 0 radical (unpaired) electrons. The number of aromatic nitrogens is 3. The lowest BCUT2D eigenvalue weighted by Gasteiger charge is -2.07. The molecule has 0 spiro atoms. The van der Waals surface area contributed by atoms with Crippen LogP contribution in [0.4, 0.5) is 5.82 Å². The minimum Gasteiger partial charge on any atom is -0.387 e. The van der Waals surface area contributed by atoms with Crippen LogP contribution >= 0.6 is 0 Å². The predicted molar refractivity (Wildman–Crippen MR) is 96.5 cm³/mol. The normalized spacial score (nSPS) is 16.0. The topological polar surface area (TPSA) is 81.4 Å². The van der Waals surface area contributed by atoms with Crippen LogP contribution < -0.4 is 5.32 Å². The van der Waals surface area contributed by atoms with E-state index in [4.69, 9.17) is 4.84 Å². The maximum Gasteiger partial charge on any atom is 0.274 e. The molecule has 1 N–H and O–H groups in total. The fourth-order valence-corrected chi connectivity index (χ4v) is 2.72. The van der Waals surface area contributed by atoms with Gasteiger partial charge in [0.05, 0.1) is 12.2 Å².